The summed E-state index contributed by atoms with van der Waals surface area (Å²) in [6, 6.07) is 5.80. The maximum Gasteiger partial charge on any atom is 0.336 e. The normalized spacial score (nSPS) is 18.0. The van der Waals surface area contributed by atoms with Gasteiger partial charge in [0.05, 0.1) is 18.8 Å². The Bertz CT molecular complexity index is 671. The van der Waals surface area contributed by atoms with Crippen LogP contribution in [0.4, 0.5) is 0 Å². The topological polar surface area (TPSA) is 54.2 Å². The fourth-order valence-corrected chi connectivity index (χ4v) is 3.18. The van der Waals surface area contributed by atoms with Crippen molar-refractivity contribution in [2.24, 2.45) is 0 Å². The number of hydrogen-bond acceptors (Lipinski definition) is 3. The molecule has 112 valence electrons. The number of carboxylic acids is 1. The Kier molecular flexibility index (Phi) is 3.69. The summed E-state index contributed by atoms with van der Waals surface area (Å²) >= 11 is 0. The van der Waals surface area contributed by atoms with Crippen molar-refractivity contribution in [3.05, 3.63) is 41.2 Å². The van der Waals surface area contributed by atoms with Crippen LogP contribution in [0.5, 0.6) is 0 Å². The summed E-state index contributed by atoms with van der Waals surface area (Å²) < 4.78 is 7.51. The minimum Gasteiger partial charge on any atom is -0.478 e. The van der Waals surface area contributed by atoms with Crippen LogP contribution in [0.1, 0.15) is 34.6 Å². The van der Waals surface area contributed by atoms with Gasteiger partial charge in [0.15, 0.2) is 0 Å². The number of carbonyl (C=O) groups is 1. The molecule has 1 aliphatic heterocycles. The van der Waals surface area contributed by atoms with Gasteiger partial charge in [-0.15, -0.1) is 0 Å². The van der Waals surface area contributed by atoms with E-state index in [0.29, 0.717) is 5.56 Å². The summed E-state index contributed by atoms with van der Waals surface area (Å²) in [5, 5.41) is 9.44. The van der Waals surface area contributed by atoms with Gasteiger partial charge in [-0.2, -0.15) is 0 Å². The van der Waals surface area contributed by atoms with E-state index in [1.54, 1.807) is 6.07 Å². The zero-order valence-electron chi connectivity index (χ0n) is 12.4. The first-order chi connectivity index (χ1) is 10.1. The van der Waals surface area contributed by atoms with Crippen LogP contribution in [-0.2, 0) is 4.74 Å². The van der Waals surface area contributed by atoms with Crippen LogP contribution in [0, 0.1) is 6.92 Å². The molecule has 1 atom stereocenters. The van der Waals surface area contributed by atoms with Crippen LogP contribution >= 0.6 is 0 Å². The van der Waals surface area contributed by atoms with Gasteiger partial charge in [0, 0.05) is 36.5 Å². The molecule has 2 aromatic heterocycles. The van der Waals surface area contributed by atoms with Crippen LogP contribution in [0.15, 0.2) is 24.4 Å². The largest absolute Gasteiger partial charge is 0.478 e. The molecule has 0 aliphatic carbocycles. The molecule has 0 spiro atoms. The zero-order valence-corrected chi connectivity index (χ0v) is 12.4. The predicted octanol–water partition coefficient (Wildman–Crippen LogP) is 2.34. The first-order valence-electron chi connectivity index (χ1n) is 7.25. The molecule has 1 saturated heterocycles. The molecule has 0 radical (unpaired) electrons. The standard InChI is InChI=1S/C16H20N2O3/c1-11-14(16(19)20)10-13-4-3-5-18(13)15(11)12(2)17-6-8-21-9-7-17/h3-5,10,12H,6-9H2,1-2H3,(H,19,20). The van der Waals surface area contributed by atoms with Crippen LogP contribution < -0.4 is 0 Å². The highest BCUT2D eigenvalue weighted by atomic mass is 16.5. The fourth-order valence-electron chi connectivity index (χ4n) is 3.18. The summed E-state index contributed by atoms with van der Waals surface area (Å²) in [5.74, 6) is -0.869. The second-order valence-corrected chi connectivity index (χ2v) is 5.50. The number of hydrogen-bond donors (Lipinski definition) is 1. The van der Waals surface area contributed by atoms with Crippen molar-refractivity contribution in [3.63, 3.8) is 0 Å². The summed E-state index contributed by atoms with van der Waals surface area (Å²) in [6.45, 7) is 7.25. The molecule has 2 aromatic rings. The third-order valence-corrected chi connectivity index (χ3v) is 4.34. The molecule has 5 heteroatoms. The van der Waals surface area contributed by atoms with E-state index in [-0.39, 0.29) is 6.04 Å². The second-order valence-electron chi connectivity index (χ2n) is 5.50. The number of aromatic carboxylic acids is 1. The van der Waals surface area contributed by atoms with Gasteiger partial charge >= 0.3 is 5.97 Å². The van der Waals surface area contributed by atoms with Crippen LogP contribution in [0.2, 0.25) is 0 Å². The van der Waals surface area contributed by atoms with E-state index >= 15 is 0 Å². The van der Waals surface area contributed by atoms with E-state index in [9.17, 15) is 9.90 Å². The molecule has 3 rings (SSSR count). The Hall–Kier alpha value is -1.85. The number of pyridine rings is 1. The Morgan fingerprint density at radius 2 is 2.10 bits per heavy atom. The van der Waals surface area contributed by atoms with E-state index in [4.69, 9.17) is 4.74 Å². The monoisotopic (exact) mass is 288 g/mol. The Balaban J connectivity index is 2.12. The van der Waals surface area contributed by atoms with Gasteiger partial charge in [-0.05, 0) is 37.6 Å². The lowest BCUT2D eigenvalue weighted by Gasteiger charge is -2.33. The molecular formula is C16H20N2O3. The summed E-state index contributed by atoms with van der Waals surface area (Å²) in [4.78, 5) is 13.8. The number of rotatable bonds is 3. The molecule has 21 heavy (non-hydrogen) atoms. The van der Waals surface area contributed by atoms with Crippen molar-refractivity contribution in [2.45, 2.75) is 19.9 Å². The summed E-state index contributed by atoms with van der Waals surface area (Å²) in [5.41, 5.74) is 3.20. The molecule has 3 heterocycles. The Morgan fingerprint density at radius 1 is 1.38 bits per heavy atom. The van der Waals surface area contributed by atoms with Gasteiger partial charge in [-0.25, -0.2) is 4.79 Å². The highest BCUT2D eigenvalue weighted by Crippen LogP contribution is 2.28. The second kappa shape index (κ2) is 5.50. The number of morpholine rings is 1. The molecule has 0 saturated carbocycles. The maximum atomic E-state index is 11.5. The molecule has 1 unspecified atom stereocenters. The van der Waals surface area contributed by atoms with Gasteiger partial charge in [0.2, 0.25) is 0 Å². The number of carboxylic acid groups (broad SMARTS) is 1. The molecule has 0 bridgehead atoms. The van der Waals surface area contributed by atoms with Crippen LogP contribution in [-0.4, -0.2) is 46.7 Å². The van der Waals surface area contributed by atoms with Crippen LogP contribution in [0.25, 0.3) is 5.52 Å². The van der Waals surface area contributed by atoms with Crippen molar-refractivity contribution in [2.75, 3.05) is 26.3 Å². The van der Waals surface area contributed by atoms with E-state index in [1.165, 1.54) is 0 Å². The van der Waals surface area contributed by atoms with E-state index in [0.717, 1.165) is 43.1 Å². The van der Waals surface area contributed by atoms with Crippen LogP contribution in [0.3, 0.4) is 0 Å². The molecule has 0 amide bonds. The molecule has 5 nitrogen and oxygen atoms in total. The minimum absolute atomic E-state index is 0.156. The van der Waals surface area contributed by atoms with E-state index < -0.39 is 5.97 Å². The van der Waals surface area contributed by atoms with Crippen molar-refractivity contribution in [1.82, 2.24) is 9.30 Å². The minimum atomic E-state index is -0.869. The van der Waals surface area contributed by atoms with E-state index in [2.05, 4.69) is 16.2 Å². The average molecular weight is 288 g/mol. The van der Waals surface area contributed by atoms with Crippen molar-refractivity contribution in [1.29, 1.82) is 0 Å². The first-order valence-corrected chi connectivity index (χ1v) is 7.25. The highest BCUT2D eigenvalue weighted by Gasteiger charge is 2.24. The SMILES string of the molecule is Cc1c(C(=O)O)cc2cccn2c1C(C)N1CCOCC1. The number of ether oxygens (including phenoxy) is 1. The van der Waals surface area contributed by atoms with E-state index in [1.807, 2.05) is 25.3 Å². The van der Waals surface area contributed by atoms with Gasteiger partial charge < -0.3 is 14.2 Å². The van der Waals surface area contributed by atoms with Gasteiger partial charge in [-0.1, -0.05) is 0 Å². The highest BCUT2D eigenvalue weighted by molar-refractivity contribution is 5.91. The maximum absolute atomic E-state index is 11.5. The van der Waals surface area contributed by atoms with Gasteiger partial charge in [0.1, 0.15) is 0 Å². The number of aromatic nitrogens is 1. The lowest BCUT2D eigenvalue weighted by molar-refractivity contribution is 0.0187. The molecule has 0 aromatic carbocycles. The average Bonchev–Trinajstić information content (AvgIpc) is 2.94. The van der Waals surface area contributed by atoms with Crippen molar-refractivity contribution >= 4 is 11.5 Å². The fraction of sp³-hybridized carbons (Fsp3) is 0.438. The number of nitrogens with zero attached hydrogens (tertiary/aromatic N) is 2. The Morgan fingerprint density at radius 3 is 2.76 bits per heavy atom. The summed E-state index contributed by atoms with van der Waals surface area (Å²) in [7, 11) is 0. The first kappa shape index (κ1) is 14.1. The smallest absolute Gasteiger partial charge is 0.336 e. The zero-order chi connectivity index (χ0) is 15.0. The summed E-state index contributed by atoms with van der Waals surface area (Å²) in [6.07, 6.45) is 2.00. The lowest BCUT2D eigenvalue weighted by atomic mass is 10.0. The van der Waals surface area contributed by atoms with Gasteiger partial charge in [-0.3, -0.25) is 4.90 Å². The van der Waals surface area contributed by atoms with Crippen molar-refractivity contribution < 1.29 is 14.6 Å². The third-order valence-electron chi connectivity index (χ3n) is 4.34. The Labute approximate surface area is 123 Å². The molecule has 1 fully saturated rings. The molecule has 1 aliphatic rings. The third kappa shape index (κ3) is 2.43. The predicted molar refractivity (Wildman–Crippen MR) is 79.9 cm³/mol. The van der Waals surface area contributed by atoms with Crippen molar-refractivity contribution in [3.8, 4) is 0 Å². The number of fused-ring (bicyclic) bond motifs is 1. The quantitative estimate of drug-likeness (QED) is 0.942. The molecular weight excluding hydrogens is 268 g/mol. The molecule has 1 N–H and O–H groups in total. The lowest BCUT2D eigenvalue weighted by Crippen LogP contribution is -2.39. The van der Waals surface area contributed by atoms with Gasteiger partial charge in [0.25, 0.3) is 0 Å².